The van der Waals surface area contributed by atoms with E-state index in [-0.39, 0.29) is 6.61 Å². The monoisotopic (exact) mass is 300 g/mol. The third-order valence-corrected chi connectivity index (χ3v) is 3.31. The van der Waals surface area contributed by atoms with Crippen LogP contribution in [0.15, 0.2) is 30.3 Å². The van der Waals surface area contributed by atoms with Gasteiger partial charge in [0, 0.05) is 0 Å². The van der Waals surface area contributed by atoms with E-state index < -0.39 is 37.3 Å². The Labute approximate surface area is 122 Å². The fraction of sp³-hybridized carbons (Fsp3) is 0.571. The molecule has 118 valence electrons. The van der Waals surface area contributed by atoms with E-state index in [1.54, 1.807) is 0 Å². The van der Waals surface area contributed by atoms with Crippen LogP contribution in [0, 0.1) is 0 Å². The fourth-order valence-electron chi connectivity index (χ4n) is 2.22. The summed E-state index contributed by atoms with van der Waals surface area (Å²) in [6.07, 6.45) is -5.40. The van der Waals surface area contributed by atoms with Crippen molar-refractivity contribution >= 4 is 0 Å². The smallest absolute Gasteiger partial charge is 0.184 e. The number of rotatable bonds is 6. The van der Waals surface area contributed by atoms with Gasteiger partial charge >= 0.3 is 0 Å². The van der Waals surface area contributed by atoms with Crippen LogP contribution in [0.3, 0.4) is 0 Å². The minimum absolute atomic E-state index is 0.214. The van der Waals surface area contributed by atoms with E-state index in [0.29, 0.717) is 0 Å². The number of ether oxygens (including phenoxy) is 2. The van der Waals surface area contributed by atoms with Crippen molar-refractivity contribution < 1.29 is 34.6 Å². The van der Waals surface area contributed by atoms with Gasteiger partial charge < -0.3 is 24.8 Å². The number of aliphatic hydroxyl groups is 3. The van der Waals surface area contributed by atoms with Crippen molar-refractivity contribution in [3.63, 3.8) is 0 Å². The molecule has 1 heterocycles. The van der Waals surface area contributed by atoms with Crippen molar-refractivity contribution in [2.45, 2.75) is 37.3 Å². The predicted molar refractivity (Wildman–Crippen MR) is 70.9 cm³/mol. The molecule has 1 aromatic carbocycles. The number of hydrogen-bond donors (Lipinski definition) is 3. The summed E-state index contributed by atoms with van der Waals surface area (Å²) in [7, 11) is 1.29. The summed E-state index contributed by atoms with van der Waals surface area (Å²) in [5.41, 5.74) is 0.902. The molecule has 0 spiro atoms. The van der Waals surface area contributed by atoms with Crippen LogP contribution in [0.5, 0.6) is 0 Å². The molecule has 3 N–H and O–H groups in total. The zero-order valence-corrected chi connectivity index (χ0v) is 11.7. The maximum absolute atomic E-state index is 10.1. The lowest BCUT2D eigenvalue weighted by molar-refractivity contribution is -0.389. The average molecular weight is 300 g/mol. The van der Waals surface area contributed by atoms with Crippen molar-refractivity contribution in [2.75, 3.05) is 13.7 Å². The van der Waals surface area contributed by atoms with Crippen molar-refractivity contribution in [2.24, 2.45) is 0 Å². The molecule has 1 aliphatic heterocycles. The Morgan fingerprint density at radius 1 is 1.14 bits per heavy atom. The van der Waals surface area contributed by atoms with Gasteiger partial charge in [-0.05, 0) is 5.56 Å². The van der Waals surface area contributed by atoms with Gasteiger partial charge in [-0.3, -0.25) is 0 Å². The van der Waals surface area contributed by atoms with Gasteiger partial charge in [0.2, 0.25) is 0 Å². The highest BCUT2D eigenvalue weighted by Crippen LogP contribution is 2.25. The van der Waals surface area contributed by atoms with Gasteiger partial charge in [0.1, 0.15) is 18.3 Å². The van der Waals surface area contributed by atoms with Crippen LogP contribution in [0.1, 0.15) is 5.56 Å². The van der Waals surface area contributed by atoms with Crippen molar-refractivity contribution in [1.82, 2.24) is 0 Å². The zero-order valence-electron chi connectivity index (χ0n) is 11.7. The first-order valence-corrected chi connectivity index (χ1v) is 6.64. The molecule has 0 saturated carbocycles. The Hall–Kier alpha value is -1.06. The van der Waals surface area contributed by atoms with Crippen LogP contribution in [0.25, 0.3) is 0 Å². The number of aliphatic hydroxyl groups excluding tert-OH is 3. The van der Waals surface area contributed by atoms with E-state index in [2.05, 4.69) is 4.89 Å². The summed E-state index contributed by atoms with van der Waals surface area (Å²) in [6, 6.07) is 9.36. The lowest BCUT2D eigenvalue weighted by atomic mass is 9.99. The molecule has 0 amide bonds. The van der Waals surface area contributed by atoms with E-state index in [0.717, 1.165) is 5.56 Å². The van der Waals surface area contributed by atoms with Crippen LogP contribution in [0.4, 0.5) is 0 Å². The molecule has 0 aliphatic carbocycles. The molecule has 0 aromatic heterocycles. The lowest BCUT2D eigenvalue weighted by Gasteiger charge is -2.40. The SMILES string of the molecule is COO[C@H]1[C@H](O)[C@@H](CO)O[C@H](O)[C@@H]1OCc1ccccc1. The summed E-state index contributed by atoms with van der Waals surface area (Å²) in [4.78, 5) is 9.56. The van der Waals surface area contributed by atoms with Gasteiger partial charge in [0.15, 0.2) is 12.4 Å². The Bertz CT molecular complexity index is 413. The molecular weight excluding hydrogens is 280 g/mol. The van der Waals surface area contributed by atoms with Gasteiger partial charge in [0.25, 0.3) is 0 Å². The third-order valence-electron chi connectivity index (χ3n) is 3.31. The van der Waals surface area contributed by atoms with Crippen molar-refractivity contribution in [3.8, 4) is 0 Å². The molecule has 2 rings (SSSR count). The Morgan fingerprint density at radius 2 is 1.86 bits per heavy atom. The molecule has 0 radical (unpaired) electrons. The van der Waals surface area contributed by atoms with Crippen LogP contribution in [0.2, 0.25) is 0 Å². The zero-order chi connectivity index (χ0) is 15.2. The van der Waals surface area contributed by atoms with Crippen LogP contribution < -0.4 is 0 Å². The highest BCUT2D eigenvalue weighted by molar-refractivity contribution is 5.13. The molecule has 1 aliphatic rings. The first kappa shape index (κ1) is 16.3. The molecule has 0 bridgehead atoms. The molecule has 1 fully saturated rings. The van der Waals surface area contributed by atoms with Gasteiger partial charge in [-0.25, -0.2) is 9.78 Å². The minimum atomic E-state index is -1.34. The molecule has 1 aromatic rings. The Balaban J connectivity index is 2.04. The van der Waals surface area contributed by atoms with Gasteiger partial charge in [-0.15, -0.1) is 0 Å². The second-order valence-electron chi connectivity index (χ2n) is 4.73. The van der Waals surface area contributed by atoms with Gasteiger partial charge in [-0.2, -0.15) is 0 Å². The maximum atomic E-state index is 10.1. The van der Waals surface area contributed by atoms with E-state index in [4.69, 9.17) is 19.5 Å². The summed E-state index contributed by atoms with van der Waals surface area (Å²) in [5, 5.41) is 29.1. The average Bonchev–Trinajstić information content (AvgIpc) is 2.51. The summed E-state index contributed by atoms with van der Waals surface area (Å²) in [6.45, 7) is -0.237. The van der Waals surface area contributed by atoms with Crippen LogP contribution in [-0.2, 0) is 25.9 Å². The molecule has 21 heavy (non-hydrogen) atoms. The van der Waals surface area contributed by atoms with Crippen LogP contribution in [-0.4, -0.2) is 59.7 Å². The topological polar surface area (TPSA) is 97.6 Å². The van der Waals surface area contributed by atoms with Gasteiger partial charge in [-0.1, -0.05) is 30.3 Å². The normalized spacial score (nSPS) is 33.0. The van der Waals surface area contributed by atoms with E-state index >= 15 is 0 Å². The Morgan fingerprint density at radius 3 is 2.48 bits per heavy atom. The lowest BCUT2D eigenvalue weighted by Crippen LogP contribution is -2.60. The highest BCUT2D eigenvalue weighted by Gasteiger charge is 2.46. The summed E-state index contributed by atoms with van der Waals surface area (Å²) in [5.74, 6) is 0. The summed E-state index contributed by atoms with van der Waals surface area (Å²) < 4.78 is 10.7. The second-order valence-corrected chi connectivity index (χ2v) is 4.73. The van der Waals surface area contributed by atoms with Crippen molar-refractivity contribution in [3.05, 3.63) is 35.9 Å². The molecule has 7 heteroatoms. The van der Waals surface area contributed by atoms with Crippen molar-refractivity contribution in [1.29, 1.82) is 0 Å². The molecule has 1 saturated heterocycles. The molecule has 0 unspecified atom stereocenters. The number of benzene rings is 1. The van der Waals surface area contributed by atoms with E-state index in [9.17, 15) is 10.2 Å². The Kier molecular flexibility index (Phi) is 6.07. The summed E-state index contributed by atoms with van der Waals surface area (Å²) >= 11 is 0. The third kappa shape index (κ3) is 3.98. The van der Waals surface area contributed by atoms with E-state index in [1.165, 1.54) is 7.11 Å². The molecular formula is C14H20O7. The first-order valence-electron chi connectivity index (χ1n) is 6.64. The minimum Gasteiger partial charge on any atom is -0.394 e. The van der Waals surface area contributed by atoms with E-state index in [1.807, 2.05) is 30.3 Å². The molecule has 7 nitrogen and oxygen atoms in total. The second kappa shape index (κ2) is 7.81. The largest absolute Gasteiger partial charge is 0.394 e. The standard InChI is InChI=1S/C14H20O7/c1-18-21-12-11(16)10(7-15)20-14(17)13(12)19-8-9-5-3-2-4-6-9/h2-6,10-17H,7-8H2,1H3/t10-,11-,12+,13-,14+/m1/s1. The fourth-order valence-corrected chi connectivity index (χ4v) is 2.22. The quantitative estimate of drug-likeness (QED) is 0.485. The highest BCUT2D eigenvalue weighted by atomic mass is 17.2. The van der Waals surface area contributed by atoms with Crippen LogP contribution >= 0.6 is 0 Å². The molecule has 5 atom stereocenters. The number of hydrogen-bond acceptors (Lipinski definition) is 7. The predicted octanol–water partition coefficient (Wildman–Crippen LogP) is -0.411. The first-order chi connectivity index (χ1) is 10.2. The van der Waals surface area contributed by atoms with Gasteiger partial charge in [0.05, 0.1) is 20.3 Å². The maximum Gasteiger partial charge on any atom is 0.184 e.